The number of pyridine rings is 1. The highest BCUT2D eigenvalue weighted by Crippen LogP contribution is 2.31. The molecular weight excluding hydrogens is 412 g/mol. The first-order chi connectivity index (χ1) is 15.3. The van der Waals surface area contributed by atoms with Crippen molar-refractivity contribution in [3.05, 3.63) is 46.8 Å². The number of hydrogen-bond donors (Lipinski definition) is 3. The average molecular weight is 441 g/mol. The first-order valence-corrected chi connectivity index (χ1v) is 10.4. The van der Waals surface area contributed by atoms with Crippen molar-refractivity contribution in [3.8, 4) is 28.7 Å². The van der Waals surface area contributed by atoms with E-state index >= 15 is 0 Å². The first-order valence-electron chi connectivity index (χ1n) is 10.4. The van der Waals surface area contributed by atoms with Crippen LogP contribution in [0, 0.1) is 20.8 Å². The minimum absolute atomic E-state index is 0.00139. The highest BCUT2D eigenvalue weighted by Gasteiger charge is 2.16. The van der Waals surface area contributed by atoms with Gasteiger partial charge in [-0.05, 0) is 62.6 Å². The molecule has 9 nitrogen and oxygen atoms in total. The molecule has 0 aliphatic rings. The van der Waals surface area contributed by atoms with Gasteiger partial charge in [-0.2, -0.15) is 0 Å². The van der Waals surface area contributed by atoms with E-state index in [0.29, 0.717) is 17.5 Å². The molecule has 0 aliphatic carbocycles. The van der Waals surface area contributed by atoms with Gasteiger partial charge in [0.25, 0.3) is 0 Å². The molecule has 2 aromatic heterocycles. The van der Waals surface area contributed by atoms with Crippen LogP contribution in [0.25, 0.3) is 22.9 Å². The number of ether oxygens (including phenoxy) is 1. The Morgan fingerprint density at radius 2 is 1.72 bits per heavy atom. The zero-order valence-electron chi connectivity index (χ0n) is 18.7. The van der Waals surface area contributed by atoms with Crippen LogP contribution in [-0.4, -0.2) is 57.2 Å². The third kappa shape index (κ3) is 5.68. The van der Waals surface area contributed by atoms with E-state index < -0.39 is 18.6 Å². The minimum atomic E-state index is -0.903. The molecule has 0 spiro atoms. The Hall–Kier alpha value is -3.30. The van der Waals surface area contributed by atoms with Crippen molar-refractivity contribution in [2.75, 3.05) is 19.8 Å². The number of amides is 1. The predicted octanol–water partition coefficient (Wildman–Crippen LogP) is 2.13. The summed E-state index contributed by atoms with van der Waals surface area (Å²) in [7, 11) is 0. The van der Waals surface area contributed by atoms with Gasteiger partial charge in [0, 0.05) is 29.1 Å². The third-order valence-corrected chi connectivity index (χ3v) is 4.85. The minimum Gasteiger partial charge on any atom is -0.490 e. The lowest BCUT2D eigenvalue weighted by atomic mass is 10.1. The smallest absolute Gasteiger partial charge is 0.248 e. The van der Waals surface area contributed by atoms with Gasteiger partial charge in [-0.25, -0.2) is 0 Å². The maximum absolute atomic E-state index is 11.1. The summed E-state index contributed by atoms with van der Waals surface area (Å²) in [6.07, 6.45) is -0.0859. The van der Waals surface area contributed by atoms with Crippen molar-refractivity contribution in [2.24, 2.45) is 0 Å². The Morgan fingerprint density at radius 3 is 2.31 bits per heavy atom. The summed E-state index contributed by atoms with van der Waals surface area (Å²) in [5.74, 6) is 0.923. The monoisotopic (exact) mass is 440 g/mol. The van der Waals surface area contributed by atoms with Crippen molar-refractivity contribution < 1.29 is 24.2 Å². The van der Waals surface area contributed by atoms with E-state index in [1.807, 2.05) is 52.0 Å². The lowest BCUT2D eigenvalue weighted by Gasteiger charge is -2.16. The highest BCUT2D eigenvalue weighted by atomic mass is 16.5. The van der Waals surface area contributed by atoms with Gasteiger partial charge < -0.3 is 24.7 Å². The molecule has 32 heavy (non-hydrogen) atoms. The molecule has 0 radical (unpaired) electrons. The van der Waals surface area contributed by atoms with Crippen LogP contribution in [0.15, 0.2) is 28.7 Å². The number of nitrogens with one attached hydrogen (secondary N) is 1. The van der Waals surface area contributed by atoms with Crippen LogP contribution in [0.4, 0.5) is 0 Å². The van der Waals surface area contributed by atoms with Crippen molar-refractivity contribution in [2.45, 2.75) is 40.2 Å². The van der Waals surface area contributed by atoms with E-state index in [4.69, 9.17) is 14.3 Å². The van der Waals surface area contributed by atoms with E-state index in [2.05, 4.69) is 20.5 Å². The Labute approximate surface area is 186 Å². The fourth-order valence-corrected chi connectivity index (χ4v) is 3.33. The van der Waals surface area contributed by atoms with Crippen LogP contribution in [0.2, 0.25) is 0 Å². The fourth-order valence-electron chi connectivity index (χ4n) is 3.33. The summed E-state index contributed by atoms with van der Waals surface area (Å²) in [5, 5.41) is 29.5. The molecule has 170 valence electrons. The molecule has 3 aromatic rings. The maximum Gasteiger partial charge on any atom is 0.248 e. The lowest BCUT2D eigenvalue weighted by Crippen LogP contribution is -2.36. The molecule has 0 saturated heterocycles. The quantitative estimate of drug-likeness (QED) is 0.461. The van der Waals surface area contributed by atoms with Gasteiger partial charge in [0.05, 0.1) is 0 Å². The van der Waals surface area contributed by atoms with Gasteiger partial charge in [0.15, 0.2) is 0 Å². The molecule has 0 saturated carbocycles. The zero-order chi connectivity index (χ0) is 23.3. The molecule has 1 atom stereocenters. The van der Waals surface area contributed by atoms with E-state index in [9.17, 15) is 9.90 Å². The second kappa shape index (κ2) is 10.3. The Bertz CT molecular complexity index is 1070. The number of carbonyl (C=O) groups is 1. The molecule has 0 unspecified atom stereocenters. The SMILES string of the molecule is CCc1cc(-c2nnc(-c3cc(C)c(OC[C@@H](O)CNC(=O)CO)c(C)c3)o2)cc(C)n1. The van der Waals surface area contributed by atoms with Crippen LogP contribution in [0.3, 0.4) is 0 Å². The van der Waals surface area contributed by atoms with Crippen LogP contribution < -0.4 is 10.1 Å². The number of aromatic nitrogens is 3. The van der Waals surface area contributed by atoms with Crippen molar-refractivity contribution in [3.63, 3.8) is 0 Å². The van der Waals surface area contributed by atoms with E-state index in [1.54, 1.807) is 0 Å². The van der Waals surface area contributed by atoms with Gasteiger partial charge in [-0.15, -0.1) is 10.2 Å². The molecule has 9 heteroatoms. The Balaban J connectivity index is 1.74. The van der Waals surface area contributed by atoms with Gasteiger partial charge >= 0.3 is 0 Å². The van der Waals surface area contributed by atoms with Crippen molar-refractivity contribution >= 4 is 5.91 Å². The number of rotatable bonds is 9. The van der Waals surface area contributed by atoms with E-state index in [0.717, 1.165) is 40.1 Å². The van der Waals surface area contributed by atoms with Gasteiger partial charge in [0.1, 0.15) is 25.1 Å². The second-order valence-corrected chi connectivity index (χ2v) is 7.62. The van der Waals surface area contributed by atoms with Gasteiger partial charge in [-0.1, -0.05) is 6.92 Å². The number of aryl methyl sites for hydroxylation is 4. The van der Waals surface area contributed by atoms with Crippen molar-refractivity contribution in [1.82, 2.24) is 20.5 Å². The molecule has 2 heterocycles. The summed E-state index contributed by atoms with van der Waals surface area (Å²) in [6.45, 7) is 7.14. The van der Waals surface area contributed by atoms with Crippen LogP contribution in [0.5, 0.6) is 5.75 Å². The number of benzene rings is 1. The summed E-state index contributed by atoms with van der Waals surface area (Å²) >= 11 is 0. The average Bonchev–Trinajstić information content (AvgIpc) is 3.26. The summed E-state index contributed by atoms with van der Waals surface area (Å²) < 4.78 is 11.7. The number of aliphatic hydroxyl groups is 2. The number of nitrogens with zero attached hydrogens (tertiary/aromatic N) is 3. The molecule has 0 bridgehead atoms. The maximum atomic E-state index is 11.1. The Kier molecular flexibility index (Phi) is 7.55. The molecular formula is C23H28N4O5. The standard InChI is InChI=1S/C23H28N4O5/c1-5-18-9-17(8-15(4)25-18)23-27-26-22(32-23)16-6-13(2)21(14(3)7-16)31-12-19(29)10-24-20(30)11-28/h6-9,19,28-29H,5,10-12H2,1-4H3,(H,24,30)/t19-/m0/s1. The van der Waals surface area contributed by atoms with Crippen LogP contribution in [-0.2, 0) is 11.2 Å². The van der Waals surface area contributed by atoms with Crippen molar-refractivity contribution in [1.29, 1.82) is 0 Å². The number of hydrogen-bond acceptors (Lipinski definition) is 8. The van der Waals surface area contributed by atoms with E-state index in [-0.39, 0.29) is 13.2 Å². The largest absolute Gasteiger partial charge is 0.490 e. The summed E-state index contributed by atoms with van der Waals surface area (Å²) in [6, 6.07) is 7.63. The number of carbonyl (C=O) groups excluding carboxylic acids is 1. The van der Waals surface area contributed by atoms with Crippen LogP contribution >= 0.6 is 0 Å². The predicted molar refractivity (Wildman–Crippen MR) is 118 cm³/mol. The normalized spacial score (nSPS) is 11.9. The van der Waals surface area contributed by atoms with E-state index in [1.165, 1.54) is 0 Å². The lowest BCUT2D eigenvalue weighted by molar-refractivity contribution is -0.124. The summed E-state index contributed by atoms with van der Waals surface area (Å²) in [4.78, 5) is 15.6. The summed E-state index contributed by atoms with van der Waals surface area (Å²) in [5.41, 5.74) is 5.15. The third-order valence-electron chi connectivity index (χ3n) is 4.85. The molecule has 0 aliphatic heterocycles. The van der Waals surface area contributed by atoms with Gasteiger partial charge in [0.2, 0.25) is 17.7 Å². The fraction of sp³-hybridized carbons (Fsp3) is 0.391. The molecule has 0 fully saturated rings. The molecule has 1 aromatic carbocycles. The van der Waals surface area contributed by atoms with Gasteiger partial charge in [-0.3, -0.25) is 9.78 Å². The number of aliphatic hydroxyl groups excluding tert-OH is 2. The topological polar surface area (TPSA) is 131 Å². The molecule has 3 rings (SSSR count). The second-order valence-electron chi connectivity index (χ2n) is 7.62. The molecule has 1 amide bonds. The highest BCUT2D eigenvalue weighted by molar-refractivity contribution is 5.76. The first kappa shape index (κ1) is 23.4. The van der Waals surface area contributed by atoms with Crippen LogP contribution in [0.1, 0.15) is 29.4 Å². The zero-order valence-corrected chi connectivity index (χ0v) is 18.7. The Morgan fingerprint density at radius 1 is 1.09 bits per heavy atom. The molecule has 3 N–H and O–H groups in total.